The van der Waals surface area contributed by atoms with Gasteiger partial charge in [0.2, 0.25) is 5.95 Å². The van der Waals surface area contributed by atoms with Crippen LogP contribution in [0, 0.1) is 0 Å². The molecule has 1 saturated heterocycles. The maximum atomic E-state index is 12.4. The quantitative estimate of drug-likeness (QED) is 0.852. The van der Waals surface area contributed by atoms with Crippen molar-refractivity contribution >= 4 is 12.0 Å². The summed E-state index contributed by atoms with van der Waals surface area (Å²) >= 11 is 0. The van der Waals surface area contributed by atoms with Crippen molar-refractivity contribution in [2.24, 2.45) is 0 Å². The molecule has 1 aliphatic heterocycles. The summed E-state index contributed by atoms with van der Waals surface area (Å²) in [6.45, 7) is 2.65. The molecule has 0 aliphatic carbocycles. The van der Waals surface area contributed by atoms with Crippen LogP contribution in [-0.2, 0) is 6.18 Å². The molecule has 2 rings (SSSR count). The standard InChI is InChI=1S/C11H13F3N4O2/c1-7-6-17(10(19)20)2-3-18(7)9-15-4-8(5-16-9)11(12,13)14/h4-5,7H,2-3,6H2,1H3,(H,19,20). The average Bonchev–Trinajstić information content (AvgIpc) is 2.37. The van der Waals surface area contributed by atoms with E-state index < -0.39 is 17.8 Å². The lowest BCUT2D eigenvalue weighted by Crippen LogP contribution is -2.54. The van der Waals surface area contributed by atoms with Crippen LogP contribution in [0.15, 0.2) is 12.4 Å². The number of rotatable bonds is 1. The van der Waals surface area contributed by atoms with Crippen LogP contribution in [0.1, 0.15) is 12.5 Å². The molecule has 1 N–H and O–H groups in total. The Hall–Kier alpha value is -2.06. The van der Waals surface area contributed by atoms with Crippen molar-refractivity contribution in [3.63, 3.8) is 0 Å². The number of halogens is 3. The molecule has 1 atom stereocenters. The van der Waals surface area contributed by atoms with E-state index in [4.69, 9.17) is 5.11 Å². The SMILES string of the molecule is CC1CN(C(=O)O)CCN1c1ncc(C(F)(F)F)cn1. The predicted molar refractivity (Wildman–Crippen MR) is 63.4 cm³/mol. The fourth-order valence-electron chi connectivity index (χ4n) is 2.04. The number of anilines is 1. The van der Waals surface area contributed by atoms with Crippen molar-refractivity contribution < 1.29 is 23.1 Å². The van der Waals surface area contributed by atoms with Gasteiger partial charge in [-0.05, 0) is 6.92 Å². The van der Waals surface area contributed by atoms with Crippen LogP contribution in [0.4, 0.5) is 23.9 Å². The molecule has 0 spiro atoms. The summed E-state index contributed by atoms with van der Waals surface area (Å²) in [6.07, 6.45) is -4.01. The first kappa shape index (κ1) is 14.4. The molecule has 1 amide bonds. The number of amides is 1. The molecule has 0 saturated carbocycles. The van der Waals surface area contributed by atoms with Gasteiger partial charge in [-0.2, -0.15) is 13.2 Å². The van der Waals surface area contributed by atoms with Crippen molar-refractivity contribution in [3.8, 4) is 0 Å². The summed E-state index contributed by atoms with van der Waals surface area (Å²) in [6, 6.07) is -0.198. The topological polar surface area (TPSA) is 69.6 Å². The van der Waals surface area contributed by atoms with Crippen LogP contribution >= 0.6 is 0 Å². The van der Waals surface area contributed by atoms with Gasteiger partial charge >= 0.3 is 12.3 Å². The molecule has 1 aromatic heterocycles. The summed E-state index contributed by atoms with van der Waals surface area (Å²) in [5.41, 5.74) is -0.905. The second kappa shape index (κ2) is 5.14. The molecule has 1 aliphatic rings. The Bertz CT molecular complexity index is 491. The molecular formula is C11H13F3N4O2. The number of hydrogen-bond acceptors (Lipinski definition) is 4. The highest BCUT2D eigenvalue weighted by atomic mass is 19.4. The Labute approximate surface area is 112 Å². The van der Waals surface area contributed by atoms with Crippen molar-refractivity contribution in [2.45, 2.75) is 19.1 Å². The number of alkyl halides is 3. The molecule has 0 aromatic carbocycles. The van der Waals surface area contributed by atoms with Crippen LogP contribution in [-0.4, -0.2) is 51.7 Å². The van der Waals surface area contributed by atoms with Gasteiger partial charge in [0.25, 0.3) is 0 Å². The lowest BCUT2D eigenvalue weighted by atomic mass is 10.2. The molecule has 1 aromatic rings. The van der Waals surface area contributed by atoms with Gasteiger partial charge in [0.1, 0.15) is 0 Å². The summed E-state index contributed by atoms with van der Waals surface area (Å²) in [5, 5.41) is 8.89. The van der Waals surface area contributed by atoms with Gasteiger partial charge in [-0.25, -0.2) is 14.8 Å². The number of nitrogens with zero attached hydrogens (tertiary/aromatic N) is 4. The van der Waals surface area contributed by atoms with E-state index in [1.807, 2.05) is 0 Å². The Morgan fingerprint density at radius 1 is 1.35 bits per heavy atom. The first-order valence-electron chi connectivity index (χ1n) is 5.93. The van der Waals surface area contributed by atoms with Crippen LogP contribution in [0.25, 0.3) is 0 Å². The van der Waals surface area contributed by atoms with Crippen LogP contribution in [0.5, 0.6) is 0 Å². The van der Waals surface area contributed by atoms with E-state index in [-0.39, 0.29) is 25.1 Å². The van der Waals surface area contributed by atoms with E-state index in [1.165, 1.54) is 4.90 Å². The fourth-order valence-corrected chi connectivity index (χ4v) is 2.04. The Kier molecular flexibility index (Phi) is 3.69. The highest BCUT2D eigenvalue weighted by molar-refractivity contribution is 5.65. The van der Waals surface area contributed by atoms with Crippen molar-refractivity contribution in [2.75, 3.05) is 24.5 Å². The molecular weight excluding hydrogens is 277 g/mol. The zero-order chi connectivity index (χ0) is 14.9. The lowest BCUT2D eigenvalue weighted by Gasteiger charge is -2.38. The van der Waals surface area contributed by atoms with E-state index >= 15 is 0 Å². The van der Waals surface area contributed by atoms with Gasteiger partial charge in [-0.3, -0.25) is 0 Å². The number of carboxylic acid groups (broad SMARTS) is 1. The first-order chi connectivity index (χ1) is 9.29. The van der Waals surface area contributed by atoms with Gasteiger partial charge in [0.05, 0.1) is 5.56 Å². The van der Waals surface area contributed by atoms with Gasteiger partial charge in [0, 0.05) is 38.1 Å². The second-order valence-corrected chi connectivity index (χ2v) is 4.54. The first-order valence-corrected chi connectivity index (χ1v) is 5.93. The zero-order valence-corrected chi connectivity index (χ0v) is 10.6. The highest BCUT2D eigenvalue weighted by Crippen LogP contribution is 2.28. The van der Waals surface area contributed by atoms with Crippen LogP contribution in [0.2, 0.25) is 0 Å². The third-order valence-corrected chi connectivity index (χ3v) is 3.12. The molecule has 0 bridgehead atoms. The minimum absolute atomic E-state index is 0.176. The summed E-state index contributed by atoms with van der Waals surface area (Å²) < 4.78 is 37.2. The Morgan fingerprint density at radius 2 is 1.95 bits per heavy atom. The molecule has 1 unspecified atom stereocenters. The number of hydrogen-bond donors (Lipinski definition) is 1. The highest BCUT2D eigenvalue weighted by Gasteiger charge is 2.32. The number of piperazine rings is 1. The molecule has 0 radical (unpaired) electrons. The van der Waals surface area contributed by atoms with Crippen molar-refractivity contribution in [1.82, 2.24) is 14.9 Å². The smallest absolute Gasteiger partial charge is 0.419 e. The predicted octanol–water partition coefficient (Wildman–Crippen LogP) is 1.68. The maximum absolute atomic E-state index is 12.4. The zero-order valence-electron chi connectivity index (χ0n) is 10.6. The molecule has 1 fully saturated rings. The molecule has 2 heterocycles. The van der Waals surface area contributed by atoms with Gasteiger partial charge in [-0.1, -0.05) is 0 Å². The molecule has 9 heteroatoms. The fraction of sp³-hybridized carbons (Fsp3) is 0.545. The van der Waals surface area contributed by atoms with E-state index in [9.17, 15) is 18.0 Å². The number of carbonyl (C=O) groups is 1. The lowest BCUT2D eigenvalue weighted by molar-refractivity contribution is -0.138. The van der Waals surface area contributed by atoms with E-state index in [0.29, 0.717) is 6.54 Å². The summed E-state index contributed by atoms with van der Waals surface area (Å²) in [4.78, 5) is 21.2. The minimum Gasteiger partial charge on any atom is -0.465 e. The Morgan fingerprint density at radius 3 is 2.40 bits per heavy atom. The molecule has 20 heavy (non-hydrogen) atoms. The molecule has 6 nitrogen and oxygen atoms in total. The van der Waals surface area contributed by atoms with E-state index in [2.05, 4.69) is 9.97 Å². The summed E-state index contributed by atoms with van der Waals surface area (Å²) in [5.74, 6) is 0.176. The van der Waals surface area contributed by atoms with E-state index in [0.717, 1.165) is 12.4 Å². The molecule has 110 valence electrons. The Balaban J connectivity index is 2.11. The largest absolute Gasteiger partial charge is 0.465 e. The summed E-state index contributed by atoms with van der Waals surface area (Å²) in [7, 11) is 0. The van der Waals surface area contributed by atoms with Crippen LogP contribution in [0.3, 0.4) is 0 Å². The van der Waals surface area contributed by atoms with Gasteiger partial charge < -0.3 is 14.9 Å². The third kappa shape index (κ3) is 2.91. The monoisotopic (exact) mass is 290 g/mol. The maximum Gasteiger partial charge on any atom is 0.419 e. The van der Waals surface area contributed by atoms with Gasteiger partial charge in [-0.15, -0.1) is 0 Å². The third-order valence-electron chi connectivity index (χ3n) is 3.12. The van der Waals surface area contributed by atoms with Crippen LogP contribution < -0.4 is 4.90 Å². The normalized spacial score (nSPS) is 20.1. The number of aromatic nitrogens is 2. The minimum atomic E-state index is -4.47. The second-order valence-electron chi connectivity index (χ2n) is 4.54. The van der Waals surface area contributed by atoms with Crippen molar-refractivity contribution in [3.05, 3.63) is 18.0 Å². The van der Waals surface area contributed by atoms with Gasteiger partial charge in [0.15, 0.2) is 0 Å². The van der Waals surface area contributed by atoms with Crippen molar-refractivity contribution in [1.29, 1.82) is 0 Å². The van der Waals surface area contributed by atoms with E-state index in [1.54, 1.807) is 11.8 Å². The average molecular weight is 290 g/mol.